The molecule has 3 aromatic rings. The monoisotopic (exact) mass is 331 g/mol. The van der Waals surface area contributed by atoms with Crippen LogP contribution in [-0.4, -0.2) is 22.7 Å². The van der Waals surface area contributed by atoms with Gasteiger partial charge in [-0.1, -0.05) is 36.5 Å². The van der Waals surface area contributed by atoms with Crippen molar-refractivity contribution in [3.8, 4) is 0 Å². The molecule has 2 heterocycles. The fourth-order valence-electron chi connectivity index (χ4n) is 2.23. The number of benzene rings is 1. The largest absolute Gasteiger partial charge is 0.451 e. The first kappa shape index (κ1) is 15.6. The quantitative estimate of drug-likeness (QED) is 0.746. The summed E-state index contributed by atoms with van der Waals surface area (Å²) in [6, 6.07) is 7.54. The Morgan fingerprint density at radius 1 is 1.30 bits per heavy atom. The van der Waals surface area contributed by atoms with Crippen LogP contribution in [0.1, 0.15) is 35.0 Å². The molecule has 0 saturated carbocycles. The van der Waals surface area contributed by atoms with Crippen molar-refractivity contribution in [1.29, 1.82) is 0 Å². The van der Waals surface area contributed by atoms with Gasteiger partial charge in [-0.25, -0.2) is 0 Å². The van der Waals surface area contributed by atoms with Crippen LogP contribution in [0.5, 0.6) is 0 Å². The van der Waals surface area contributed by atoms with Gasteiger partial charge < -0.3 is 9.15 Å². The molecule has 0 aliphatic heterocycles. The number of amides is 1. The van der Waals surface area contributed by atoms with E-state index in [1.165, 1.54) is 11.3 Å². The maximum Gasteiger partial charge on any atom is 0.293 e. The fraction of sp³-hybridized carbons (Fsp3) is 0.312. The standard InChI is InChI=1S/C16H17N3O3S/c1-3-13-18-19-16(23-13)17-15(20)14-11(9-21-4-2)10-7-5-6-8-12(10)22-14/h5-8H,3-4,9H2,1-2H3,(H,17,19,20). The highest BCUT2D eigenvalue weighted by molar-refractivity contribution is 7.15. The Morgan fingerprint density at radius 3 is 2.87 bits per heavy atom. The lowest BCUT2D eigenvalue weighted by atomic mass is 10.1. The van der Waals surface area contributed by atoms with Crippen molar-refractivity contribution in [1.82, 2.24) is 10.2 Å². The Kier molecular flexibility index (Phi) is 4.68. The third kappa shape index (κ3) is 3.25. The molecule has 1 N–H and O–H groups in total. The maximum atomic E-state index is 12.5. The van der Waals surface area contributed by atoms with Gasteiger partial charge in [0.1, 0.15) is 10.6 Å². The summed E-state index contributed by atoms with van der Waals surface area (Å²) in [6.07, 6.45) is 0.785. The van der Waals surface area contributed by atoms with Crippen LogP contribution in [-0.2, 0) is 17.8 Å². The van der Waals surface area contributed by atoms with Crippen molar-refractivity contribution >= 4 is 33.3 Å². The number of nitrogens with zero attached hydrogens (tertiary/aromatic N) is 2. The third-order valence-corrected chi connectivity index (χ3v) is 4.33. The zero-order valence-electron chi connectivity index (χ0n) is 13.0. The molecule has 0 bridgehead atoms. The van der Waals surface area contributed by atoms with Crippen molar-refractivity contribution in [2.75, 3.05) is 11.9 Å². The number of carbonyl (C=O) groups is 1. The van der Waals surface area contributed by atoms with Crippen LogP contribution >= 0.6 is 11.3 Å². The summed E-state index contributed by atoms with van der Waals surface area (Å²) in [7, 11) is 0. The number of anilines is 1. The van der Waals surface area contributed by atoms with Crippen molar-refractivity contribution in [2.24, 2.45) is 0 Å². The van der Waals surface area contributed by atoms with Gasteiger partial charge in [0, 0.05) is 17.6 Å². The minimum atomic E-state index is -0.338. The molecule has 0 fully saturated rings. The number of furan rings is 1. The Morgan fingerprint density at radius 2 is 2.13 bits per heavy atom. The zero-order chi connectivity index (χ0) is 16.2. The maximum absolute atomic E-state index is 12.5. The Labute approximate surface area is 137 Å². The molecular weight excluding hydrogens is 314 g/mol. The molecule has 0 unspecified atom stereocenters. The normalized spacial score (nSPS) is 11.0. The van der Waals surface area contributed by atoms with Crippen molar-refractivity contribution < 1.29 is 13.9 Å². The highest BCUT2D eigenvalue weighted by Gasteiger charge is 2.21. The number of hydrogen-bond acceptors (Lipinski definition) is 6. The lowest BCUT2D eigenvalue weighted by molar-refractivity contribution is 0.0984. The van der Waals surface area contributed by atoms with Crippen LogP contribution in [0, 0.1) is 0 Å². The second-order valence-corrected chi connectivity index (χ2v) is 5.91. The van der Waals surface area contributed by atoms with E-state index < -0.39 is 0 Å². The van der Waals surface area contributed by atoms with Crippen LogP contribution in [0.25, 0.3) is 11.0 Å². The second-order valence-electron chi connectivity index (χ2n) is 4.85. The summed E-state index contributed by atoms with van der Waals surface area (Å²) in [4.78, 5) is 12.5. The molecule has 120 valence electrons. The van der Waals surface area contributed by atoms with E-state index in [0.717, 1.165) is 22.4 Å². The predicted molar refractivity (Wildman–Crippen MR) is 88.8 cm³/mol. The summed E-state index contributed by atoms with van der Waals surface area (Å²) in [5.41, 5.74) is 1.42. The summed E-state index contributed by atoms with van der Waals surface area (Å²) in [6.45, 7) is 4.80. The molecule has 0 aliphatic rings. The number of para-hydroxylation sites is 1. The number of carbonyl (C=O) groups excluding carboxylic acids is 1. The van der Waals surface area contributed by atoms with E-state index in [1.54, 1.807) is 0 Å². The van der Waals surface area contributed by atoms with Crippen LogP contribution in [0.4, 0.5) is 5.13 Å². The smallest absolute Gasteiger partial charge is 0.293 e. The number of nitrogens with one attached hydrogen (secondary N) is 1. The van der Waals surface area contributed by atoms with Gasteiger partial charge >= 0.3 is 0 Å². The van der Waals surface area contributed by atoms with Gasteiger partial charge in [-0.05, 0) is 19.4 Å². The van der Waals surface area contributed by atoms with Gasteiger partial charge in [0.2, 0.25) is 5.13 Å². The molecule has 3 rings (SSSR count). The molecule has 0 atom stereocenters. The van der Waals surface area contributed by atoms with Crippen molar-refractivity contribution in [3.05, 3.63) is 40.6 Å². The van der Waals surface area contributed by atoms with Crippen LogP contribution in [0.15, 0.2) is 28.7 Å². The van der Waals surface area contributed by atoms with Crippen molar-refractivity contribution in [3.63, 3.8) is 0 Å². The Balaban J connectivity index is 1.92. The van der Waals surface area contributed by atoms with E-state index in [1.807, 2.05) is 38.1 Å². The molecule has 1 amide bonds. The van der Waals surface area contributed by atoms with Gasteiger partial charge in [0.15, 0.2) is 5.76 Å². The highest BCUT2D eigenvalue weighted by Crippen LogP contribution is 2.27. The number of fused-ring (bicyclic) bond motifs is 1. The van der Waals surface area contributed by atoms with E-state index in [4.69, 9.17) is 9.15 Å². The summed E-state index contributed by atoms with van der Waals surface area (Å²) >= 11 is 1.36. The molecule has 0 spiro atoms. The number of aromatic nitrogens is 2. The molecule has 1 aromatic carbocycles. The van der Waals surface area contributed by atoms with Crippen LogP contribution in [0.2, 0.25) is 0 Å². The molecule has 23 heavy (non-hydrogen) atoms. The first-order chi connectivity index (χ1) is 11.2. The molecule has 6 nitrogen and oxygen atoms in total. The Bertz CT molecular complexity index is 825. The van der Waals surface area contributed by atoms with E-state index in [0.29, 0.717) is 23.9 Å². The van der Waals surface area contributed by atoms with Crippen LogP contribution in [0.3, 0.4) is 0 Å². The third-order valence-electron chi connectivity index (χ3n) is 3.34. The molecular formula is C16H17N3O3S. The lowest BCUT2D eigenvalue weighted by Crippen LogP contribution is -2.13. The minimum Gasteiger partial charge on any atom is -0.451 e. The molecule has 7 heteroatoms. The van der Waals surface area contributed by atoms with Gasteiger partial charge in [-0.15, -0.1) is 10.2 Å². The molecule has 0 saturated heterocycles. The summed E-state index contributed by atoms with van der Waals surface area (Å²) in [5.74, 6) is -0.0809. The minimum absolute atomic E-state index is 0.257. The van der Waals surface area contributed by atoms with Gasteiger partial charge in [-0.2, -0.15) is 0 Å². The first-order valence-electron chi connectivity index (χ1n) is 7.44. The number of aryl methyl sites for hydroxylation is 1. The topological polar surface area (TPSA) is 77.2 Å². The molecule has 0 aliphatic carbocycles. The number of rotatable bonds is 6. The van der Waals surface area contributed by atoms with Gasteiger partial charge in [0.25, 0.3) is 5.91 Å². The number of ether oxygens (including phenoxy) is 1. The predicted octanol–water partition coefficient (Wildman–Crippen LogP) is 3.64. The van der Waals surface area contributed by atoms with E-state index >= 15 is 0 Å². The van der Waals surface area contributed by atoms with Gasteiger partial charge in [-0.3, -0.25) is 10.1 Å². The first-order valence-corrected chi connectivity index (χ1v) is 8.26. The number of hydrogen-bond donors (Lipinski definition) is 1. The second kappa shape index (κ2) is 6.89. The fourth-order valence-corrected chi connectivity index (χ4v) is 2.91. The average Bonchev–Trinajstić information content (AvgIpc) is 3.17. The highest BCUT2D eigenvalue weighted by atomic mass is 32.1. The SMILES string of the molecule is CCOCc1c(C(=O)Nc2nnc(CC)s2)oc2ccccc12. The average molecular weight is 331 g/mol. The summed E-state index contributed by atoms with van der Waals surface area (Å²) < 4.78 is 11.2. The van der Waals surface area contributed by atoms with Crippen LogP contribution < -0.4 is 5.32 Å². The zero-order valence-corrected chi connectivity index (χ0v) is 13.8. The molecule has 0 radical (unpaired) electrons. The van der Waals surface area contributed by atoms with E-state index in [9.17, 15) is 4.79 Å². The molecule has 2 aromatic heterocycles. The van der Waals surface area contributed by atoms with Gasteiger partial charge in [0.05, 0.1) is 6.61 Å². The lowest BCUT2D eigenvalue weighted by Gasteiger charge is -2.03. The van der Waals surface area contributed by atoms with E-state index in [-0.39, 0.29) is 11.7 Å². The van der Waals surface area contributed by atoms with E-state index in [2.05, 4.69) is 15.5 Å². The Hall–Kier alpha value is -2.25. The van der Waals surface area contributed by atoms with Crippen molar-refractivity contribution in [2.45, 2.75) is 26.9 Å². The summed E-state index contributed by atoms with van der Waals surface area (Å²) in [5, 5.41) is 12.9.